The van der Waals surface area contributed by atoms with Gasteiger partial charge in [-0.25, -0.2) is 4.98 Å². The highest BCUT2D eigenvalue weighted by molar-refractivity contribution is 4.94. The average molecular weight is 170 g/mol. The minimum atomic E-state index is 1.03. The first-order valence-corrected chi connectivity index (χ1v) is 4.79. The van der Waals surface area contributed by atoms with Crippen LogP contribution in [0.3, 0.4) is 0 Å². The fourth-order valence-corrected chi connectivity index (χ4v) is 0.650. The largest absolute Gasteiger partial charge is 0.340 e. The minimum Gasteiger partial charge on any atom is -0.340 e. The van der Waals surface area contributed by atoms with E-state index in [1.54, 1.807) is 0 Å². The van der Waals surface area contributed by atoms with Crippen molar-refractivity contribution in [2.24, 2.45) is 7.05 Å². The third-order valence-electron chi connectivity index (χ3n) is 1.12. The first-order valence-electron chi connectivity index (χ1n) is 4.79. The van der Waals surface area contributed by atoms with Crippen molar-refractivity contribution in [2.75, 3.05) is 0 Å². The summed E-state index contributed by atoms with van der Waals surface area (Å²) in [6, 6.07) is 0. The average Bonchev–Trinajstić information content (AvgIpc) is 2.58. The van der Waals surface area contributed by atoms with E-state index in [2.05, 4.69) is 11.9 Å². The molecule has 0 fully saturated rings. The van der Waals surface area contributed by atoms with Crippen LogP contribution in [0.1, 0.15) is 40.3 Å². The third kappa shape index (κ3) is 5.96. The summed E-state index contributed by atoms with van der Waals surface area (Å²) < 4.78 is 1.96. The highest BCUT2D eigenvalue weighted by Crippen LogP contribution is 1.92. The molecule has 2 heteroatoms. The summed E-state index contributed by atoms with van der Waals surface area (Å²) in [6.07, 6.45) is 4.87. The Kier molecular flexibility index (Phi) is 11.7. The molecular weight excluding hydrogens is 148 g/mol. The summed E-state index contributed by atoms with van der Waals surface area (Å²) in [4.78, 5) is 4.10. The Hall–Kier alpha value is -0.790. The normalized spacial score (nSPS) is 7.50. The van der Waals surface area contributed by atoms with E-state index in [9.17, 15) is 0 Å². The van der Waals surface area contributed by atoms with Crippen LogP contribution in [0.5, 0.6) is 0 Å². The summed E-state index contributed by atoms with van der Waals surface area (Å²) in [7, 11) is 1.98. The van der Waals surface area contributed by atoms with Crippen molar-refractivity contribution in [1.29, 1.82) is 0 Å². The smallest absolute Gasteiger partial charge is 0.0946 e. The molecule has 0 saturated heterocycles. The molecule has 0 unspecified atom stereocenters. The highest BCUT2D eigenvalue weighted by atomic mass is 15.0. The van der Waals surface area contributed by atoms with Crippen molar-refractivity contribution in [2.45, 2.75) is 41.0 Å². The lowest BCUT2D eigenvalue weighted by atomic mass is 10.4. The van der Waals surface area contributed by atoms with E-state index in [0.717, 1.165) is 12.1 Å². The number of aromatic nitrogens is 2. The first-order chi connectivity index (χ1) is 5.83. The zero-order valence-corrected chi connectivity index (χ0v) is 9.26. The quantitative estimate of drug-likeness (QED) is 0.633. The summed E-state index contributed by atoms with van der Waals surface area (Å²) in [5, 5.41) is 0. The summed E-state index contributed by atoms with van der Waals surface area (Å²) >= 11 is 0. The molecule has 0 spiro atoms. The predicted octanol–water partition coefficient (Wildman–Crippen LogP) is 3.03. The molecule has 0 N–H and O–H groups in total. The van der Waals surface area contributed by atoms with E-state index in [0.29, 0.717) is 0 Å². The molecule has 0 saturated carbocycles. The van der Waals surface area contributed by atoms with Crippen molar-refractivity contribution in [1.82, 2.24) is 9.55 Å². The molecule has 12 heavy (non-hydrogen) atoms. The Morgan fingerprint density at radius 3 is 1.92 bits per heavy atom. The van der Waals surface area contributed by atoms with Gasteiger partial charge in [0.05, 0.1) is 12.0 Å². The van der Waals surface area contributed by atoms with Crippen molar-refractivity contribution in [3.63, 3.8) is 0 Å². The zero-order valence-electron chi connectivity index (χ0n) is 9.26. The van der Waals surface area contributed by atoms with Crippen LogP contribution in [0.25, 0.3) is 0 Å². The van der Waals surface area contributed by atoms with Crippen molar-refractivity contribution < 1.29 is 0 Å². The van der Waals surface area contributed by atoms with Crippen molar-refractivity contribution >= 4 is 0 Å². The van der Waals surface area contributed by atoms with E-state index in [-0.39, 0.29) is 0 Å². The van der Waals surface area contributed by atoms with Gasteiger partial charge >= 0.3 is 0 Å². The molecule has 0 aromatic carbocycles. The second kappa shape index (κ2) is 10.2. The molecule has 1 rings (SSSR count). The SMILES string of the molecule is CC.CC.CCc1cn(C)cn1. The number of hydrogen-bond donors (Lipinski definition) is 0. The number of nitrogens with zero attached hydrogens (tertiary/aromatic N) is 2. The van der Waals surface area contributed by atoms with Gasteiger partial charge in [0.2, 0.25) is 0 Å². The summed E-state index contributed by atoms with van der Waals surface area (Å²) in [6.45, 7) is 10.1. The molecule has 0 amide bonds. The van der Waals surface area contributed by atoms with Crippen LogP contribution in [0.2, 0.25) is 0 Å². The molecule has 1 aromatic heterocycles. The maximum atomic E-state index is 4.10. The van der Waals surface area contributed by atoms with Crippen LogP contribution in [-0.4, -0.2) is 9.55 Å². The van der Waals surface area contributed by atoms with Gasteiger partial charge in [0.1, 0.15) is 0 Å². The molecule has 0 aliphatic heterocycles. The van der Waals surface area contributed by atoms with Gasteiger partial charge in [0, 0.05) is 13.2 Å². The standard InChI is InChI=1S/C6H10N2.2C2H6/c1-3-6-4-8(2)5-7-6;2*1-2/h4-5H,3H2,1-2H3;2*1-2H3. The van der Waals surface area contributed by atoms with Gasteiger partial charge in [-0.2, -0.15) is 0 Å². The monoisotopic (exact) mass is 170 g/mol. The van der Waals surface area contributed by atoms with E-state index in [1.165, 1.54) is 0 Å². The van der Waals surface area contributed by atoms with Gasteiger partial charge < -0.3 is 4.57 Å². The Bertz CT molecular complexity index is 168. The van der Waals surface area contributed by atoms with Crippen LogP contribution in [-0.2, 0) is 13.5 Å². The lowest BCUT2D eigenvalue weighted by Gasteiger charge is -1.81. The highest BCUT2D eigenvalue weighted by Gasteiger charge is 1.88. The molecular formula is C10H22N2. The fourth-order valence-electron chi connectivity index (χ4n) is 0.650. The molecule has 0 aliphatic carbocycles. The Morgan fingerprint density at radius 1 is 1.25 bits per heavy atom. The van der Waals surface area contributed by atoms with Gasteiger partial charge in [0.15, 0.2) is 0 Å². The van der Waals surface area contributed by atoms with Gasteiger partial charge in [0.25, 0.3) is 0 Å². The number of aryl methyl sites for hydroxylation is 2. The first kappa shape index (κ1) is 13.8. The Balaban J connectivity index is 0. The van der Waals surface area contributed by atoms with Crippen LogP contribution < -0.4 is 0 Å². The lowest BCUT2D eigenvalue weighted by molar-refractivity contribution is 0.912. The van der Waals surface area contributed by atoms with Crippen LogP contribution in [0.4, 0.5) is 0 Å². The van der Waals surface area contributed by atoms with E-state index < -0.39 is 0 Å². The zero-order chi connectivity index (χ0) is 9.98. The lowest BCUT2D eigenvalue weighted by Crippen LogP contribution is -1.78. The van der Waals surface area contributed by atoms with Crippen LogP contribution in [0, 0.1) is 0 Å². The van der Waals surface area contributed by atoms with Gasteiger partial charge in [-0.05, 0) is 6.42 Å². The Morgan fingerprint density at radius 2 is 1.75 bits per heavy atom. The molecule has 2 nitrogen and oxygen atoms in total. The maximum Gasteiger partial charge on any atom is 0.0946 e. The minimum absolute atomic E-state index is 1.03. The van der Waals surface area contributed by atoms with E-state index in [1.807, 2.05) is 51.8 Å². The van der Waals surface area contributed by atoms with Crippen LogP contribution in [0.15, 0.2) is 12.5 Å². The van der Waals surface area contributed by atoms with Gasteiger partial charge in [-0.3, -0.25) is 0 Å². The summed E-state index contributed by atoms with van der Waals surface area (Å²) in [5.41, 5.74) is 1.16. The third-order valence-corrected chi connectivity index (χ3v) is 1.12. The second-order valence-electron chi connectivity index (χ2n) is 1.88. The molecule has 0 aliphatic rings. The summed E-state index contributed by atoms with van der Waals surface area (Å²) in [5.74, 6) is 0. The molecule has 72 valence electrons. The predicted molar refractivity (Wildman–Crippen MR) is 55.3 cm³/mol. The molecule has 1 heterocycles. The number of rotatable bonds is 1. The number of hydrogen-bond acceptors (Lipinski definition) is 1. The van der Waals surface area contributed by atoms with E-state index in [4.69, 9.17) is 0 Å². The molecule has 0 atom stereocenters. The van der Waals surface area contributed by atoms with Crippen LogP contribution >= 0.6 is 0 Å². The number of imidazole rings is 1. The molecule has 1 aromatic rings. The maximum absolute atomic E-state index is 4.10. The fraction of sp³-hybridized carbons (Fsp3) is 0.700. The van der Waals surface area contributed by atoms with Gasteiger partial charge in [-0.15, -0.1) is 0 Å². The topological polar surface area (TPSA) is 17.8 Å². The van der Waals surface area contributed by atoms with Crippen molar-refractivity contribution in [3.8, 4) is 0 Å². The molecule has 0 radical (unpaired) electrons. The van der Waals surface area contributed by atoms with E-state index >= 15 is 0 Å². The second-order valence-corrected chi connectivity index (χ2v) is 1.88. The van der Waals surface area contributed by atoms with Gasteiger partial charge in [-0.1, -0.05) is 34.6 Å². The Labute approximate surface area is 76.6 Å². The van der Waals surface area contributed by atoms with Crippen molar-refractivity contribution in [3.05, 3.63) is 18.2 Å². The molecule has 0 bridgehead atoms.